The number of benzene rings is 3. The van der Waals surface area contributed by atoms with Crippen LogP contribution >= 0.6 is 0 Å². The number of unbranched alkanes of at least 4 members (excludes halogenated alkanes) is 1. The number of carbonyl (C=O) groups excluding carboxylic acids is 1. The molecule has 2 aliphatic heterocycles. The molecule has 6 rings (SSSR count). The van der Waals surface area contributed by atoms with E-state index in [2.05, 4.69) is 68.2 Å². The second kappa shape index (κ2) is 15.6. The topological polar surface area (TPSA) is 85.5 Å². The van der Waals surface area contributed by atoms with Gasteiger partial charge in [-0.1, -0.05) is 42.5 Å². The first-order valence-corrected chi connectivity index (χ1v) is 17.4. The molecule has 0 radical (unpaired) electrons. The van der Waals surface area contributed by atoms with Gasteiger partial charge in [-0.25, -0.2) is 11.6 Å². The summed E-state index contributed by atoms with van der Waals surface area (Å²) in [5.41, 5.74) is 3.86. The number of hydrogen-bond donors (Lipinski definition) is 1. The quantitative estimate of drug-likeness (QED) is 0.122. The molecule has 1 aromatic heterocycles. The summed E-state index contributed by atoms with van der Waals surface area (Å²) < 4.78 is 18.8. The van der Waals surface area contributed by atoms with E-state index in [0.717, 1.165) is 81.7 Å². The minimum Gasteiger partial charge on any atom is -0.493 e. The molecular formula is C39H48N6O4. The van der Waals surface area contributed by atoms with Crippen LogP contribution in [0.2, 0.25) is 0 Å². The summed E-state index contributed by atoms with van der Waals surface area (Å²) in [6.07, 6.45) is 5.85. The van der Waals surface area contributed by atoms with Crippen molar-refractivity contribution in [2.45, 2.75) is 56.5 Å². The summed E-state index contributed by atoms with van der Waals surface area (Å²) in [5, 5.41) is 3.78. The number of ether oxygens (including phenoxy) is 3. The first-order valence-electron chi connectivity index (χ1n) is 17.4. The fourth-order valence-corrected chi connectivity index (χ4v) is 7.54. The molecular weight excluding hydrogens is 616 g/mol. The van der Waals surface area contributed by atoms with Gasteiger partial charge < -0.3 is 38.7 Å². The van der Waals surface area contributed by atoms with Gasteiger partial charge >= 0.3 is 0 Å². The number of nitrogens with zero attached hydrogens (tertiary/aromatic N) is 5. The maximum absolute atomic E-state index is 13.9. The molecule has 2 saturated heterocycles. The first-order chi connectivity index (χ1) is 24.0. The van der Waals surface area contributed by atoms with Crippen LogP contribution in [0.25, 0.3) is 15.9 Å². The Hall–Kier alpha value is -4.75. The standard InChI is InChI=1S/C39H48N6O4/c1-40-20-10-11-21-45-33-15-9-8-14-32(33)42-38(45)41-31-16-22-43(23-17-31)24-18-39(30-12-6-5-7-13-30)19-25-44(28-39)37(46)29-26-34(47-2)36(49-4)35(27-29)48-3/h5-9,12-15,26-27,31H,10-11,16-25,28H2,2-4H3,(H,41,42). The van der Waals surface area contributed by atoms with Gasteiger partial charge in [0.05, 0.1) is 32.4 Å². The van der Waals surface area contributed by atoms with Crippen molar-refractivity contribution in [3.63, 3.8) is 0 Å². The van der Waals surface area contributed by atoms with Gasteiger partial charge in [0.15, 0.2) is 11.5 Å². The molecule has 3 heterocycles. The number of hydrogen-bond acceptors (Lipinski definition) is 7. The lowest BCUT2D eigenvalue weighted by Gasteiger charge is -2.36. The highest BCUT2D eigenvalue weighted by Crippen LogP contribution is 2.41. The maximum Gasteiger partial charge on any atom is 0.254 e. The normalized spacial score (nSPS) is 18.4. The molecule has 49 heavy (non-hydrogen) atoms. The third-order valence-corrected chi connectivity index (χ3v) is 10.3. The van der Waals surface area contributed by atoms with Gasteiger partial charge in [-0.2, -0.15) is 0 Å². The lowest BCUT2D eigenvalue weighted by molar-refractivity contribution is 0.0779. The van der Waals surface area contributed by atoms with Gasteiger partial charge in [0.2, 0.25) is 18.2 Å². The number of methoxy groups -OCH3 is 3. The number of rotatable bonds is 14. The summed E-state index contributed by atoms with van der Waals surface area (Å²) in [6, 6.07) is 22.9. The largest absolute Gasteiger partial charge is 0.493 e. The number of aromatic nitrogens is 2. The molecule has 1 atom stereocenters. The van der Waals surface area contributed by atoms with Crippen LogP contribution in [-0.2, 0) is 12.0 Å². The number of likely N-dealkylation sites (tertiary alicyclic amines) is 2. The molecule has 2 fully saturated rings. The summed E-state index contributed by atoms with van der Waals surface area (Å²) in [6.45, 7) is 12.9. The predicted molar refractivity (Wildman–Crippen MR) is 193 cm³/mol. The van der Waals surface area contributed by atoms with Crippen LogP contribution < -0.4 is 19.5 Å². The number of anilines is 1. The molecule has 2 aliphatic rings. The van der Waals surface area contributed by atoms with Gasteiger partial charge in [-0.05, 0) is 68.5 Å². The average Bonchev–Trinajstić information content (AvgIpc) is 3.74. The van der Waals surface area contributed by atoms with Crippen LogP contribution in [0.1, 0.15) is 54.4 Å². The molecule has 4 aromatic rings. The van der Waals surface area contributed by atoms with Crippen molar-refractivity contribution < 1.29 is 19.0 Å². The maximum atomic E-state index is 13.9. The van der Waals surface area contributed by atoms with E-state index in [1.165, 1.54) is 5.56 Å². The lowest BCUT2D eigenvalue weighted by atomic mass is 9.76. The molecule has 0 bridgehead atoms. The smallest absolute Gasteiger partial charge is 0.254 e. The lowest BCUT2D eigenvalue weighted by Crippen LogP contribution is -2.42. The molecule has 10 heteroatoms. The number of nitrogens with one attached hydrogen (secondary N) is 1. The van der Waals surface area contributed by atoms with Gasteiger partial charge in [-0.3, -0.25) is 4.79 Å². The Labute approximate surface area is 289 Å². The molecule has 3 aromatic carbocycles. The van der Waals surface area contributed by atoms with Crippen molar-refractivity contribution in [2.75, 3.05) is 65.9 Å². The fourth-order valence-electron chi connectivity index (χ4n) is 7.54. The highest BCUT2D eigenvalue weighted by Gasteiger charge is 2.42. The minimum absolute atomic E-state index is 0.0265. The Bertz CT molecular complexity index is 1740. The van der Waals surface area contributed by atoms with E-state index in [1.54, 1.807) is 33.5 Å². The van der Waals surface area contributed by atoms with E-state index in [9.17, 15) is 4.79 Å². The highest BCUT2D eigenvalue weighted by atomic mass is 16.5. The van der Waals surface area contributed by atoms with Crippen molar-refractivity contribution in [1.82, 2.24) is 19.4 Å². The van der Waals surface area contributed by atoms with Gasteiger partial charge in [0.25, 0.3) is 5.91 Å². The zero-order valence-electron chi connectivity index (χ0n) is 29.0. The second-order valence-corrected chi connectivity index (χ2v) is 13.2. The van der Waals surface area contributed by atoms with Crippen LogP contribution in [0, 0.1) is 6.57 Å². The Morgan fingerprint density at radius 3 is 2.35 bits per heavy atom. The Morgan fingerprint density at radius 2 is 1.65 bits per heavy atom. The van der Waals surface area contributed by atoms with Crippen LogP contribution in [0.5, 0.6) is 17.2 Å². The number of para-hydroxylation sites is 2. The summed E-state index contributed by atoms with van der Waals surface area (Å²) >= 11 is 0. The summed E-state index contributed by atoms with van der Waals surface area (Å²) in [4.78, 5) is 26.9. The molecule has 10 nitrogen and oxygen atoms in total. The van der Waals surface area contributed by atoms with Gasteiger partial charge in [-0.15, -0.1) is 0 Å². The average molecular weight is 665 g/mol. The number of imidazole rings is 1. The van der Waals surface area contributed by atoms with E-state index in [1.807, 2.05) is 11.0 Å². The minimum atomic E-state index is -0.120. The first kappa shape index (κ1) is 34.1. The molecule has 1 unspecified atom stereocenters. The molecule has 0 aliphatic carbocycles. The Morgan fingerprint density at radius 1 is 0.939 bits per heavy atom. The van der Waals surface area contributed by atoms with E-state index >= 15 is 0 Å². The molecule has 258 valence electrons. The van der Waals surface area contributed by atoms with Crippen LogP contribution in [0.4, 0.5) is 5.95 Å². The van der Waals surface area contributed by atoms with E-state index < -0.39 is 0 Å². The molecule has 1 N–H and O–H groups in total. The number of amides is 1. The fraction of sp³-hybridized carbons (Fsp3) is 0.462. The Balaban J connectivity index is 1.10. The van der Waals surface area contributed by atoms with Gasteiger partial charge in [0.1, 0.15) is 0 Å². The molecule has 0 spiro atoms. The summed E-state index contributed by atoms with van der Waals surface area (Å²) in [5.74, 6) is 2.35. The van der Waals surface area contributed by atoms with Crippen molar-refractivity contribution in [2.24, 2.45) is 0 Å². The van der Waals surface area contributed by atoms with E-state index in [-0.39, 0.29) is 11.3 Å². The monoisotopic (exact) mass is 664 g/mol. The number of piperidine rings is 1. The molecule has 1 amide bonds. The van der Waals surface area contributed by atoms with Gasteiger partial charge in [0, 0.05) is 56.2 Å². The zero-order valence-corrected chi connectivity index (χ0v) is 29.0. The van der Waals surface area contributed by atoms with Crippen molar-refractivity contribution in [3.8, 4) is 17.2 Å². The van der Waals surface area contributed by atoms with Crippen molar-refractivity contribution >= 4 is 22.9 Å². The predicted octanol–water partition coefficient (Wildman–Crippen LogP) is 6.51. The second-order valence-electron chi connectivity index (χ2n) is 13.2. The third-order valence-electron chi connectivity index (χ3n) is 10.3. The van der Waals surface area contributed by atoms with Crippen LogP contribution in [0.3, 0.4) is 0 Å². The van der Waals surface area contributed by atoms with E-state index in [4.69, 9.17) is 25.8 Å². The van der Waals surface area contributed by atoms with Crippen LogP contribution in [-0.4, -0.2) is 91.9 Å². The van der Waals surface area contributed by atoms with Crippen molar-refractivity contribution in [1.29, 1.82) is 0 Å². The zero-order chi connectivity index (χ0) is 34.2. The highest BCUT2D eigenvalue weighted by molar-refractivity contribution is 5.96. The molecule has 0 saturated carbocycles. The van der Waals surface area contributed by atoms with Crippen molar-refractivity contribution in [3.05, 3.63) is 89.3 Å². The third kappa shape index (κ3) is 7.47. The Kier molecular flexibility index (Phi) is 10.9. The summed E-state index contributed by atoms with van der Waals surface area (Å²) in [7, 11) is 4.70. The number of carbonyl (C=O) groups is 1. The van der Waals surface area contributed by atoms with Crippen LogP contribution in [0.15, 0.2) is 66.7 Å². The SMILES string of the molecule is [C-]#[N+]CCCCn1c(NC2CCN(CCC3(c4ccccc4)CCN(C(=O)c4cc(OC)c(OC)c(OC)c4)C3)CC2)nc2ccccc21. The number of aryl methyl sites for hydroxylation is 1. The number of fused-ring (bicyclic) bond motifs is 1. The van der Waals surface area contributed by atoms with E-state index in [0.29, 0.717) is 48.5 Å².